The molecule has 23 N–H and O–H groups in total. The fraction of sp³-hybridized carbons (Fsp3) is 0.661. The van der Waals surface area contributed by atoms with Gasteiger partial charge in [0.05, 0.1) is 19.1 Å². The van der Waals surface area contributed by atoms with Gasteiger partial charge < -0.3 is 96.9 Å². The smallest absolute Gasteiger partial charge is 0.326 e. The van der Waals surface area contributed by atoms with Gasteiger partial charge in [-0.1, -0.05) is 73.9 Å². The number of aliphatic carboxylic acids is 2. The summed E-state index contributed by atoms with van der Waals surface area (Å²) in [5.41, 5.74) is 28.0. The third-order valence-electron chi connectivity index (χ3n) is 13.7. The van der Waals surface area contributed by atoms with Crippen LogP contribution < -0.4 is 76.5 Å². The van der Waals surface area contributed by atoms with E-state index < -0.39 is 169 Å². The Morgan fingerprint density at radius 3 is 1.48 bits per heavy atom. The van der Waals surface area contributed by atoms with Crippen LogP contribution in [0.25, 0.3) is 0 Å². The van der Waals surface area contributed by atoms with Gasteiger partial charge >= 0.3 is 11.9 Å². The number of carboxylic acids is 2. The fourth-order valence-corrected chi connectivity index (χ4v) is 8.66. The summed E-state index contributed by atoms with van der Waals surface area (Å²) in [4.78, 5) is 165. The van der Waals surface area contributed by atoms with Gasteiger partial charge in [-0.15, -0.1) is 0 Å². The van der Waals surface area contributed by atoms with Gasteiger partial charge in [0, 0.05) is 19.4 Å². The molecule has 0 radical (unpaired) electrons. The van der Waals surface area contributed by atoms with Gasteiger partial charge in [0.2, 0.25) is 59.1 Å². The topological polar surface area (TPSA) is 536 Å². The molecule has 1 rings (SSSR count). The Labute approximate surface area is 506 Å². The van der Waals surface area contributed by atoms with Gasteiger partial charge in [0.25, 0.3) is 0 Å². The SMILES string of the molecule is CC[C@H](C)[C@H](NC(=O)[C@H](Cc1ccc(O)cc1)NC(=O)[C@H](CCC(=O)O)NC(=O)[C@@H](N)CCCN=C(N)N)C(=O)N[C@@H](CC(C)C)C(=O)N[C@H](C(=O)N[C@@H](CC(C)C)C(=O)N[C@@H](CO)C(=O)N[C@@H](CC(N)=O)C(=O)N[C@@H](CCCCN)C(=O)O)C(C)C. The summed E-state index contributed by atoms with van der Waals surface area (Å²) in [6, 6.07) is -8.98. The molecule has 490 valence electrons. The highest BCUT2D eigenvalue weighted by Gasteiger charge is 2.38. The number of carbonyl (C=O) groups excluding carboxylic acids is 10. The van der Waals surface area contributed by atoms with Crippen LogP contribution in [0, 0.1) is 23.7 Å². The van der Waals surface area contributed by atoms with Crippen LogP contribution in [0.1, 0.15) is 132 Å². The number of primary amides is 1. The lowest BCUT2D eigenvalue weighted by Gasteiger charge is -2.31. The maximum atomic E-state index is 14.5. The molecule has 0 saturated heterocycles. The third-order valence-corrected chi connectivity index (χ3v) is 13.7. The van der Waals surface area contributed by atoms with Gasteiger partial charge in [-0.25, -0.2) is 4.79 Å². The Hall–Kier alpha value is -8.19. The van der Waals surface area contributed by atoms with E-state index >= 15 is 0 Å². The van der Waals surface area contributed by atoms with E-state index in [1.54, 1.807) is 55.4 Å². The van der Waals surface area contributed by atoms with Crippen LogP contribution in [-0.4, -0.2) is 178 Å². The van der Waals surface area contributed by atoms with Gasteiger partial charge in [-0.3, -0.25) is 57.7 Å². The zero-order valence-electron chi connectivity index (χ0n) is 51.0. The molecule has 1 aromatic rings. The summed E-state index contributed by atoms with van der Waals surface area (Å²) in [7, 11) is 0. The van der Waals surface area contributed by atoms with E-state index in [4.69, 9.17) is 28.7 Å². The van der Waals surface area contributed by atoms with Crippen molar-refractivity contribution in [2.24, 2.45) is 57.3 Å². The Morgan fingerprint density at radius 2 is 0.989 bits per heavy atom. The van der Waals surface area contributed by atoms with Crippen molar-refractivity contribution in [3.8, 4) is 5.75 Å². The molecule has 0 saturated carbocycles. The third kappa shape index (κ3) is 29.6. The molecular formula is C56H95N15O16. The molecule has 0 spiro atoms. The number of carboxylic acid groups (broad SMARTS) is 2. The first-order valence-electron chi connectivity index (χ1n) is 29.1. The standard InChI is InChI=1S/C56H95N15O16/c1-9-31(8)45(71-51(82)39(25-32-15-17-33(73)18-16-32)65-47(78)35(19-20-43(75)76)63-46(77)34(58)13-12-22-62-56(60)61)54(85)68-38(24-29(4)5)50(81)70-44(30(6)7)53(84)67-37(23-28(2)3)48(79)69-41(27-72)52(83)66-40(26-42(59)74)49(80)64-36(55(86)87)14-10-11-21-57/h15-18,28-31,34-41,44-45,72-73H,9-14,19-27,57-58H2,1-8H3,(H2,59,74)(H,63,77)(H,64,80)(H,65,78)(H,66,83)(H,67,84)(H,68,85)(H,69,79)(H,70,81)(H,71,82)(H,75,76)(H,86,87)(H4,60,61,62)/t31-,34-,35-,36-,37-,38-,39-,40-,41-,44-,45-/m0/s1. The van der Waals surface area contributed by atoms with Crippen LogP contribution in [0.5, 0.6) is 5.75 Å². The summed E-state index contributed by atoms with van der Waals surface area (Å²) in [6.45, 7) is 12.9. The van der Waals surface area contributed by atoms with Crippen molar-refractivity contribution in [2.75, 3.05) is 19.7 Å². The lowest BCUT2D eigenvalue weighted by Crippen LogP contribution is -2.62. The van der Waals surface area contributed by atoms with Crippen LogP contribution in [0.4, 0.5) is 0 Å². The zero-order valence-corrected chi connectivity index (χ0v) is 51.0. The molecule has 0 aliphatic carbocycles. The summed E-state index contributed by atoms with van der Waals surface area (Å²) < 4.78 is 0. The van der Waals surface area contributed by atoms with Gasteiger partial charge in [-0.05, 0) is 99.3 Å². The molecule has 11 atom stereocenters. The first-order valence-corrected chi connectivity index (χ1v) is 29.1. The second-order valence-corrected chi connectivity index (χ2v) is 22.6. The number of aliphatic hydroxyl groups excluding tert-OH is 1. The van der Waals surface area contributed by atoms with E-state index in [0.29, 0.717) is 24.8 Å². The summed E-state index contributed by atoms with van der Waals surface area (Å²) in [6.07, 6.45) is -0.639. The number of nitrogens with zero attached hydrogens (tertiary/aromatic N) is 1. The number of amides is 10. The Bertz CT molecular complexity index is 2490. The van der Waals surface area contributed by atoms with Crippen LogP contribution in [0.2, 0.25) is 0 Å². The van der Waals surface area contributed by atoms with Crippen molar-refractivity contribution in [1.29, 1.82) is 0 Å². The van der Waals surface area contributed by atoms with Gasteiger partial charge in [0.15, 0.2) is 5.96 Å². The van der Waals surface area contributed by atoms with Crippen molar-refractivity contribution in [2.45, 2.75) is 193 Å². The number of aliphatic imine (C=N–C) groups is 1. The minimum Gasteiger partial charge on any atom is -0.508 e. The van der Waals surface area contributed by atoms with Crippen molar-refractivity contribution in [3.05, 3.63) is 29.8 Å². The minimum atomic E-state index is -1.78. The Balaban J connectivity index is 3.52. The number of hydrogen-bond acceptors (Lipinski definition) is 17. The number of rotatable bonds is 42. The molecule has 0 aliphatic heterocycles. The van der Waals surface area contributed by atoms with E-state index in [9.17, 15) is 78.0 Å². The number of aromatic hydroxyl groups is 1. The predicted molar refractivity (Wildman–Crippen MR) is 319 cm³/mol. The zero-order chi connectivity index (χ0) is 66.2. The summed E-state index contributed by atoms with van der Waals surface area (Å²) >= 11 is 0. The number of unbranched alkanes of at least 4 members (excludes halogenated alkanes) is 1. The molecule has 0 bridgehead atoms. The fourth-order valence-electron chi connectivity index (χ4n) is 8.66. The number of nitrogens with two attached hydrogens (primary N) is 5. The number of benzene rings is 1. The Kier molecular flexibility index (Phi) is 34.9. The number of phenolic OH excluding ortho intramolecular Hbond substituents is 1. The first-order chi connectivity index (χ1) is 40.7. The van der Waals surface area contributed by atoms with Crippen molar-refractivity contribution in [1.82, 2.24) is 47.9 Å². The first kappa shape index (κ1) is 76.8. The van der Waals surface area contributed by atoms with Crippen LogP contribution in [-0.2, 0) is 64.0 Å². The molecule has 10 amide bonds. The van der Waals surface area contributed by atoms with E-state index in [-0.39, 0.29) is 75.2 Å². The van der Waals surface area contributed by atoms with Crippen LogP contribution in [0.15, 0.2) is 29.3 Å². The Morgan fingerprint density at radius 1 is 0.529 bits per heavy atom. The highest BCUT2D eigenvalue weighted by molar-refractivity contribution is 5.99. The average Bonchev–Trinajstić information content (AvgIpc) is 3.48. The van der Waals surface area contributed by atoms with Gasteiger partial charge in [-0.2, -0.15) is 0 Å². The highest BCUT2D eigenvalue weighted by Crippen LogP contribution is 2.17. The predicted octanol–water partition coefficient (Wildman–Crippen LogP) is -3.58. The molecule has 0 aromatic heterocycles. The van der Waals surface area contributed by atoms with Crippen LogP contribution in [0.3, 0.4) is 0 Å². The van der Waals surface area contributed by atoms with Crippen molar-refractivity contribution >= 4 is 77.0 Å². The normalized spacial score (nSPS) is 15.0. The molecule has 31 heteroatoms. The van der Waals surface area contributed by atoms with Gasteiger partial charge in [0.1, 0.15) is 60.1 Å². The maximum absolute atomic E-state index is 14.5. The monoisotopic (exact) mass is 1230 g/mol. The molecule has 0 unspecified atom stereocenters. The number of hydrogen-bond donors (Lipinski definition) is 18. The van der Waals surface area contributed by atoms with E-state index in [1.807, 2.05) is 0 Å². The summed E-state index contributed by atoms with van der Waals surface area (Å²) in [5, 5.41) is 61.9. The average molecular weight is 1230 g/mol. The highest BCUT2D eigenvalue weighted by atomic mass is 16.4. The molecule has 0 heterocycles. The number of guanidine groups is 1. The molecule has 1 aromatic carbocycles. The van der Waals surface area contributed by atoms with Crippen molar-refractivity contribution in [3.63, 3.8) is 0 Å². The molecule has 0 fully saturated rings. The largest absolute Gasteiger partial charge is 0.508 e. The molecule has 31 nitrogen and oxygen atoms in total. The van der Waals surface area contributed by atoms with Crippen molar-refractivity contribution < 1.29 is 78.0 Å². The van der Waals surface area contributed by atoms with E-state index in [0.717, 1.165) is 0 Å². The number of aliphatic hydroxyl groups is 1. The second-order valence-electron chi connectivity index (χ2n) is 22.6. The number of carbonyl (C=O) groups is 12. The quantitative estimate of drug-likeness (QED) is 0.0171. The number of phenols is 1. The summed E-state index contributed by atoms with van der Waals surface area (Å²) in [5.74, 6) is -14.3. The molecular weight excluding hydrogens is 1140 g/mol. The van der Waals surface area contributed by atoms with E-state index in [1.165, 1.54) is 24.3 Å². The lowest BCUT2D eigenvalue weighted by molar-refractivity contribution is -0.143. The molecule has 87 heavy (non-hydrogen) atoms. The lowest BCUT2D eigenvalue weighted by atomic mass is 9.95. The second kappa shape index (κ2) is 39.5. The van der Waals surface area contributed by atoms with Crippen LogP contribution >= 0.6 is 0 Å². The minimum absolute atomic E-state index is 0.00791. The maximum Gasteiger partial charge on any atom is 0.326 e. The number of nitrogens with one attached hydrogen (secondary N) is 9. The van der Waals surface area contributed by atoms with E-state index in [2.05, 4.69) is 52.8 Å². The molecule has 0 aliphatic rings.